The third-order valence-electron chi connectivity index (χ3n) is 2.51. The highest BCUT2D eigenvalue weighted by molar-refractivity contribution is 5.68. The standard InChI is InChI=1S/C11H14N4O3/c1-8(16)18-5-3-2-4-15-7-14-9-10(15)12-6-13-11(9)17/h6-7H,2-5H2,1H3,(H,12,13,17). The summed E-state index contributed by atoms with van der Waals surface area (Å²) in [4.78, 5) is 32.6. The van der Waals surface area contributed by atoms with Crippen LogP contribution in [0.1, 0.15) is 19.8 Å². The zero-order chi connectivity index (χ0) is 13.0. The molecule has 0 atom stereocenters. The maximum Gasteiger partial charge on any atom is 0.302 e. The van der Waals surface area contributed by atoms with Crippen molar-refractivity contribution in [3.05, 3.63) is 23.0 Å². The van der Waals surface area contributed by atoms with Gasteiger partial charge < -0.3 is 14.3 Å². The van der Waals surface area contributed by atoms with Gasteiger partial charge in [-0.2, -0.15) is 0 Å². The number of H-pyrrole nitrogens is 1. The second-order valence-electron chi connectivity index (χ2n) is 3.89. The molecule has 0 aliphatic heterocycles. The number of esters is 1. The van der Waals surface area contributed by atoms with Crippen molar-refractivity contribution in [3.8, 4) is 0 Å². The van der Waals surface area contributed by atoms with E-state index in [2.05, 4.69) is 15.0 Å². The van der Waals surface area contributed by atoms with Crippen LogP contribution in [0.15, 0.2) is 17.4 Å². The lowest BCUT2D eigenvalue weighted by Gasteiger charge is -2.03. The molecule has 0 aliphatic carbocycles. The second kappa shape index (κ2) is 5.44. The van der Waals surface area contributed by atoms with Crippen LogP contribution in [0.4, 0.5) is 0 Å². The predicted octanol–water partition coefficient (Wildman–Crippen LogP) is 0.463. The third-order valence-corrected chi connectivity index (χ3v) is 2.51. The molecule has 2 heterocycles. The van der Waals surface area contributed by atoms with E-state index in [1.807, 2.05) is 4.57 Å². The fourth-order valence-electron chi connectivity index (χ4n) is 1.66. The van der Waals surface area contributed by atoms with Gasteiger partial charge in [-0.05, 0) is 12.8 Å². The fourth-order valence-corrected chi connectivity index (χ4v) is 1.66. The van der Waals surface area contributed by atoms with Gasteiger partial charge in [0, 0.05) is 13.5 Å². The monoisotopic (exact) mass is 250 g/mol. The van der Waals surface area contributed by atoms with Gasteiger partial charge in [-0.3, -0.25) is 9.59 Å². The molecule has 2 aromatic rings. The van der Waals surface area contributed by atoms with E-state index < -0.39 is 0 Å². The highest BCUT2D eigenvalue weighted by atomic mass is 16.5. The minimum absolute atomic E-state index is 0.237. The summed E-state index contributed by atoms with van der Waals surface area (Å²) in [7, 11) is 0. The number of carbonyl (C=O) groups excluding carboxylic acids is 1. The summed E-state index contributed by atoms with van der Waals surface area (Å²) in [5.74, 6) is -0.267. The van der Waals surface area contributed by atoms with Gasteiger partial charge in [-0.15, -0.1) is 0 Å². The van der Waals surface area contributed by atoms with Crippen molar-refractivity contribution in [2.45, 2.75) is 26.3 Å². The number of hydrogen-bond donors (Lipinski definition) is 1. The van der Waals surface area contributed by atoms with Gasteiger partial charge in [0.2, 0.25) is 0 Å². The van der Waals surface area contributed by atoms with Crippen LogP contribution in [0.2, 0.25) is 0 Å². The fraction of sp³-hybridized carbons (Fsp3) is 0.455. The molecule has 96 valence electrons. The number of imidazole rings is 1. The lowest BCUT2D eigenvalue weighted by atomic mass is 10.3. The first-order valence-electron chi connectivity index (χ1n) is 5.70. The van der Waals surface area contributed by atoms with Crippen molar-refractivity contribution >= 4 is 17.1 Å². The smallest absolute Gasteiger partial charge is 0.302 e. The number of nitrogens with zero attached hydrogens (tertiary/aromatic N) is 3. The minimum atomic E-state index is -0.267. The van der Waals surface area contributed by atoms with Crippen LogP contribution >= 0.6 is 0 Å². The Kier molecular flexibility index (Phi) is 3.71. The molecule has 0 radical (unpaired) electrons. The maximum absolute atomic E-state index is 11.4. The van der Waals surface area contributed by atoms with E-state index >= 15 is 0 Å². The molecule has 0 saturated heterocycles. The Morgan fingerprint density at radius 2 is 2.28 bits per heavy atom. The summed E-state index contributed by atoms with van der Waals surface area (Å²) in [5, 5.41) is 0. The number of carbonyl (C=O) groups is 1. The Bertz CT molecular complexity index is 602. The lowest BCUT2D eigenvalue weighted by Crippen LogP contribution is -2.08. The van der Waals surface area contributed by atoms with Crippen molar-refractivity contribution in [3.63, 3.8) is 0 Å². The first kappa shape index (κ1) is 12.3. The molecule has 0 aromatic carbocycles. The number of nitrogens with one attached hydrogen (secondary N) is 1. The van der Waals surface area contributed by atoms with Gasteiger partial charge >= 0.3 is 5.97 Å². The molecule has 0 fully saturated rings. The number of aromatic nitrogens is 4. The summed E-state index contributed by atoms with van der Waals surface area (Å²) in [6.07, 6.45) is 4.55. The molecule has 18 heavy (non-hydrogen) atoms. The molecule has 0 saturated carbocycles. The average molecular weight is 250 g/mol. The second-order valence-corrected chi connectivity index (χ2v) is 3.89. The van der Waals surface area contributed by atoms with Crippen molar-refractivity contribution in [1.29, 1.82) is 0 Å². The van der Waals surface area contributed by atoms with Crippen LogP contribution in [0.5, 0.6) is 0 Å². The summed E-state index contributed by atoms with van der Waals surface area (Å²) in [5.41, 5.74) is 0.683. The Morgan fingerprint density at radius 3 is 3.06 bits per heavy atom. The Morgan fingerprint density at radius 1 is 1.44 bits per heavy atom. The number of fused-ring (bicyclic) bond motifs is 1. The number of hydrogen-bond acceptors (Lipinski definition) is 5. The Balaban J connectivity index is 1.94. The molecule has 0 unspecified atom stereocenters. The maximum atomic E-state index is 11.4. The van der Waals surface area contributed by atoms with E-state index in [1.165, 1.54) is 13.3 Å². The van der Waals surface area contributed by atoms with Gasteiger partial charge in [0.15, 0.2) is 11.2 Å². The first-order valence-corrected chi connectivity index (χ1v) is 5.70. The van der Waals surface area contributed by atoms with Gasteiger partial charge in [0.05, 0.1) is 19.3 Å². The molecular formula is C11H14N4O3. The summed E-state index contributed by atoms with van der Waals surface area (Å²) >= 11 is 0. The van der Waals surface area contributed by atoms with E-state index in [9.17, 15) is 9.59 Å². The van der Waals surface area contributed by atoms with Gasteiger partial charge in [0.1, 0.15) is 0 Å². The highest BCUT2D eigenvalue weighted by Gasteiger charge is 2.06. The van der Waals surface area contributed by atoms with E-state index in [0.717, 1.165) is 12.8 Å². The summed E-state index contributed by atoms with van der Waals surface area (Å²) in [6.45, 7) is 2.49. The van der Waals surface area contributed by atoms with Crippen LogP contribution in [0.3, 0.4) is 0 Å². The number of aryl methyl sites for hydroxylation is 1. The normalized spacial score (nSPS) is 10.7. The van der Waals surface area contributed by atoms with E-state index in [1.54, 1.807) is 6.33 Å². The minimum Gasteiger partial charge on any atom is -0.466 e. The summed E-state index contributed by atoms with van der Waals surface area (Å²) < 4.78 is 6.65. The number of ether oxygens (including phenoxy) is 1. The molecule has 0 bridgehead atoms. The van der Waals surface area contributed by atoms with Crippen LogP contribution in [-0.2, 0) is 16.1 Å². The molecule has 2 rings (SSSR count). The van der Waals surface area contributed by atoms with Crippen LogP contribution in [0, 0.1) is 0 Å². The Hall–Kier alpha value is -2.18. The lowest BCUT2D eigenvalue weighted by molar-refractivity contribution is -0.141. The molecular weight excluding hydrogens is 236 g/mol. The average Bonchev–Trinajstić information content (AvgIpc) is 2.73. The van der Waals surface area contributed by atoms with Crippen LogP contribution < -0.4 is 5.56 Å². The highest BCUT2D eigenvalue weighted by Crippen LogP contribution is 2.05. The summed E-state index contributed by atoms with van der Waals surface area (Å²) in [6, 6.07) is 0. The number of aromatic amines is 1. The quantitative estimate of drug-likeness (QED) is 0.615. The zero-order valence-electron chi connectivity index (χ0n) is 10.0. The molecule has 2 aromatic heterocycles. The first-order chi connectivity index (χ1) is 8.68. The third kappa shape index (κ3) is 2.73. The predicted molar refractivity (Wildman–Crippen MR) is 64.0 cm³/mol. The van der Waals surface area contributed by atoms with E-state index in [0.29, 0.717) is 24.3 Å². The van der Waals surface area contributed by atoms with E-state index in [-0.39, 0.29) is 11.5 Å². The Labute approximate surface area is 103 Å². The molecule has 1 N–H and O–H groups in total. The van der Waals surface area contributed by atoms with Crippen molar-refractivity contribution in [2.24, 2.45) is 0 Å². The molecule has 0 amide bonds. The SMILES string of the molecule is CC(=O)OCCCCn1cnc2c(=O)[nH]cnc21. The number of rotatable bonds is 5. The molecule has 0 aliphatic rings. The van der Waals surface area contributed by atoms with Gasteiger partial charge in [0.25, 0.3) is 5.56 Å². The molecule has 0 spiro atoms. The topological polar surface area (TPSA) is 89.9 Å². The van der Waals surface area contributed by atoms with Crippen molar-refractivity contribution in [2.75, 3.05) is 6.61 Å². The number of unbranched alkanes of at least 4 members (excludes halogenated alkanes) is 1. The van der Waals surface area contributed by atoms with Crippen molar-refractivity contribution < 1.29 is 9.53 Å². The van der Waals surface area contributed by atoms with Crippen molar-refractivity contribution in [1.82, 2.24) is 19.5 Å². The molecule has 7 heteroatoms. The van der Waals surface area contributed by atoms with Gasteiger partial charge in [-0.1, -0.05) is 0 Å². The molecule has 7 nitrogen and oxygen atoms in total. The van der Waals surface area contributed by atoms with Gasteiger partial charge in [-0.25, -0.2) is 9.97 Å². The van der Waals surface area contributed by atoms with E-state index in [4.69, 9.17) is 4.74 Å². The zero-order valence-corrected chi connectivity index (χ0v) is 10.0. The largest absolute Gasteiger partial charge is 0.466 e. The van der Waals surface area contributed by atoms with Crippen LogP contribution in [0.25, 0.3) is 11.2 Å². The van der Waals surface area contributed by atoms with Crippen LogP contribution in [-0.4, -0.2) is 32.1 Å².